The number of nitrogens with two attached hydrogens (primary N) is 1. The molecule has 27 heavy (non-hydrogen) atoms. The highest BCUT2D eigenvalue weighted by Gasteiger charge is 2.16. The largest absolute Gasteiger partial charge is 0.397 e. The van der Waals surface area contributed by atoms with E-state index >= 15 is 0 Å². The summed E-state index contributed by atoms with van der Waals surface area (Å²) in [5.41, 5.74) is 9.63. The standard InChI is InChI=1S/C21H19FN4O/c22-17-4-3-7-20-16(17)12-24-26(20)13-14-8-10-15(11-9-14)21(27)25-19-6-2-1-5-18(19)23/h1-8,10,12H,9,11,13,23H2,(H,25,27). The van der Waals surface area contributed by atoms with Crippen molar-refractivity contribution in [3.63, 3.8) is 0 Å². The van der Waals surface area contributed by atoms with E-state index in [1.54, 1.807) is 29.1 Å². The van der Waals surface area contributed by atoms with Crippen molar-refractivity contribution in [3.05, 3.63) is 77.8 Å². The lowest BCUT2D eigenvalue weighted by atomic mass is 9.97. The molecule has 1 aliphatic rings. The molecule has 3 N–H and O–H groups in total. The summed E-state index contributed by atoms with van der Waals surface area (Å²) < 4.78 is 15.6. The first-order chi connectivity index (χ1) is 13.1. The normalized spacial score (nSPS) is 14.0. The van der Waals surface area contributed by atoms with Gasteiger partial charge >= 0.3 is 0 Å². The number of allylic oxidation sites excluding steroid dienone is 3. The van der Waals surface area contributed by atoms with Gasteiger partial charge in [0.25, 0.3) is 5.91 Å². The van der Waals surface area contributed by atoms with E-state index in [9.17, 15) is 9.18 Å². The maximum absolute atomic E-state index is 13.8. The number of hydrogen-bond acceptors (Lipinski definition) is 3. The summed E-state index contributed by atoms with van der Waals surface area (Å²) in [5.74, 6) is -0.412. The van der Waals surface area contributed by atoms with Gasteiger partial charge in [0, 0.05) is 5.57 Å². The van der Waals surface area contributed by atoms with Crippen LogP contribution in [0.25, 0.3) is 10.9 Å². The lowest BCUT2D eigenvalue weighted by molar-refractivity contribution is -0.113. The topological polar surface area (TPSA) is 72.9 Å². The number of aromatic nitrogens is 2. The van der Waals surface area contributed by atoms with Gasteiger partial charge in [-0.3, -0.25) is 9.48 Å². The highest BCUT2D eigenvalue weighted by molar-refractivity contribution is 6.05. The summed E-state index contributed by atoms with van der Waals surface area (Å²) in [6.07, 6.45) is 6.71. The zero-order valence-corrected chi connectivity index (χ0v) is 14.7. The number of anilines is 2. The van der Waals surface area contributed by atoms with Gasteiger partial charge in [0.05, 0.1) is 35.0 Å². The van der Waals surface area contributed by atoms with E-state index in [2.05, 4.69) is 10.4 Å². The molecule has 6 heteroatoms. The quantitative estimate of drug-likeness (QED) is 0.688. The van der Waals surface area contributed by atoms with Gasteiger partial charge in [0.1, 0.15) is 5.82 Å². The number of para-hydroxylation sites is 2. The molecule has 3 aromatic rings. The Morgan fingerprint density at radius 2 is 2.00 bits per heavy atom. The molecule has 1 aromatic heterocycles. The number of nitrogens with zero attached hydrogens (tertiary/aromatic N) is 2. The molecule has 0 saturated heterocycles. The van der Waals surface area contributed by atoms with Crippen LogP contribution in [-0.4, -0.2) is 15.7 Å². The van der Waals surface area contributed by atoms with Gasteiger partial charge in [-0.1, -0.05) is 30.4 Å². The molecular formula is C21H19FN4O. The number of nitrogen functional groups attached to an aromatic ring is 1. The molecule has 5 nitrogen and oxygen atoms in total. The second kappa shape index (κ2) is 7.07. The Balaban J connectivity index is 1.48. The Labute approximate surface area is 156 Å². The van der Waals surface area contributed by atoms with Gasteiger partial charge in [0.15, 0.2) is 0 Å². The fourth-order valence-electron chi connectivity index (χ4n) is 3.20. The van der Waals surface area contributed by atoms with Crippen LogP contribution in [0.3, 0.4) is 0 Å². The third kappa shape index (κ3) is 3.46. The van der Waals surface area contributed by atoms with E-state index in [0.717, 1.165) is 17.5 Å². The average Bonchev–Trinajstić information content (AvgIpc) is 3.08. The summed E-state index contributed by atoms with van der Waals surface area (Å²) in [7, 11) is 0. The van der Waals surface area contributed by atoms with Crippen molar-refractivity contribution < 1.29 is 9.18 Å². The number of carbonyl (C=O) groups is 1. The maximum atomic E-state index is 13.8. The van der Waals surface area contributed by atoms with E-state index in [0.29, 0.717) is 35.3 Å². The van der Waals surface area contributed by atoms with Crippen LogP contribution in [0, 0.1) is 5.82 Å². The number of rotatable bonds is 4. The second-order valence-electron chi connectivity index (χ2n) is 6.53. The molecule has 4 rings (SSSR count). The van der Waals surface area contributed by atoms with E-state index in [4.69, 9.17) is 5.73 Å². The van der Waals surface area contributed by atoms with E-state index in [1.165, 1.54) is 6.07 Å². The second-order valence-corrected chi connectivity index (χ2v) is 6.53. The van der Waals surface area contributed by atoms with Crippen LogP contribution in [0.15, 0.2) is 72.0 Å². The summed E-state index contributed by atoms with van der Waals surface area (Å²) in [6, 6.07) is 12.2. The predicted octanol–water partition coefficient (Wildman–Crippen LogP) is 4.04. The monoisotopic (exact) mass is 362 g/mol. The SMILES string of the molecule is Nc1ccccc1NC(=O)C1=CC=C(Cn2ncc3c(F)cccc32)CC1. The smallest absolute Gasteiger partial charge is 0.251 e. The first kappa shape index (κ1) is 17.0. The average molecular weight is 362 g/mol. The molecule has 0 atom stereocenters. The molecule has 0 spiro atoms. The molecule has 0 fully saturated rings. The van der Waals surface area contributed by atoms with Crippen molar-refractivity contribution >= 4 is 28.2 Å². The van der Waals surface area contributed by atoms with Crippen molar-refractivity contribution in [2.75, 3.05) is 11.1 Å². The Morgan fingerprint density at radius 3 is 2.78 bits per heavy atom. The minimum Gasteiger partial charge on any atom is -0.397 e. The molecule has 1 amide bonds. The fourth-order valence-corrected chi connectivity index (χ4v) is 3.20. The Kier molecular flexibility index (Phi) is 4.46. The van der Waals surface area contributed by atoms with E-state index in [1.807, 2.05) is 30.4 Å². The van der Waals surface area contributed by atoms with Crippen molar-refractivity contribution in [1.29, 1.82) is 0 Å². The van der Waals surface area contributed by atoms with Crippen molar-refractivity contribution in [2.45, 2.75) is 19.4 Å². The maximum Gasteiger partial charge on any atom is 0.251 e. The predicted molar refractivity (Wildman–Crippen MR) is 105 cm³/mol. The Hall–Kier alpha value is -3.41. The summed E-state index contributed by atoms with van der Waals surface area (Å²) in [6.45, 7) is 0.573. The lowest BCUT2D eigenvalue weighted by Gasteiger charge is -2.16. The first-order valence-electron chi connectivity index (χ1n) is 8.76. The summed E-state index contributed by atoms with van der Waals surface area (Å²) in [5, 5.41) is 7.66. The zero-order valence-electron chi connectivity index (χ0n) is 14.7. The molecule has 1 aliphatic carbocycles. The molecule has 136 valence electrons. The van der Waals surface area contributed by atoms with Crippen LogP contribution in [0.2, 0.25) is 0 Å². The molecule has 0 saturated carbocycles. The van der Waals surface area contributed by atoms with Crippen LogP contribution in [0.4, 0.5) is 15.8 Å². The van der Waals surface area contributed by atoms with Crippen LogP contribution < -0.4 is 11.1 Å². The lowest BCUT2D eigenvalue weighted by Crippen LogP contribution is -2.17. The summed E-state index contributed by atoms with van der Waals surface area (Å²) >= 11 is 0. The van der Waals surface area contributed by atoms with E-state index < -0.39 is 0 Å². The van der Waals surface area contributed by atoms with Gasteiger partial charge in [-0.05, 0) is 42.7 Å². The highest BCUT2D eigenvalue weighted by Crippen LogP contribution is 2.24. The Morgan fingerprint density at radius 1 is 1.15 bits per heavy atom. The zero-order chi connectivity index (χ0) is 18.8. The third-order valence-corrected chi connectivity index (χ3v) is 4.72. The molecule has 0 aliphatic heterocycles. The van der Waals surface area contributed by atoms with Gasteiger partial charge in [-0.15, -0.1) is 0 Å². The van der Waals surface area contributed by atoms with Gasteiger partial charge < -0.3 is 11.1 Å². The number of hydrogen-bond donors (Lipinski definition) is 2. The van der Waals surface area contributed by atoms with Crippen LogP contribution in [0.1, 0.15) is 12.8 Å². The molecular weight excluding hydrogens is 343 g/mol. The highest BCUT2D eigenvalue weighted by atomic mass is 19.1. The van der Waals surface area contributed by atoms with Crippen molar-refractivity contribution in [2.24, 2.45) is 0 Å². The van der Waals surface area contributed by atoms with Crippen LogP contribution in [0.5, 0.6) is 0 Å². The van der Waals surface area contributed by atoms with Crippen LogP contribution >= 0.6 is 0 Å². The van der Waals surface area contributed by atoms with Crippen molar-refractivity contribution in [1.82, 2.24) is 9.78 Å². The number of halogens is 1. The molecule has 0 radical (unpaired) electrons. The summed E-state index contributed by atoms with van der Waals surface area (Å²) in [4.78, 5) is 12.4. The molecule has 2 aromatic carbocycles. The number of amides is 1. The van der Waals surface area contributed by atoms with Gasteiger partial charge in [0.2, 0.25) is 0 Å². The number of fused-ring (bicyclic) bond motifs is 1. The number of carbonyl (C=O) groups excluding carboxylic acids is 1. The Bertz CT molecular complexity index is 1080. The van der Waals surface area contributed by atoms with Gasteiger partial charge in [-0.2, -0.15) is 5.10 Å². The minimum atomic E-state index is -0.268. The van der Waals surface area contributed by atoms with Crippen molar-refractivity contribution in [3.8, 4) is 0 Å². The van der Waals surface area contributed by atoms with Gasteiger partial charge in [-0.25, -0.2) is 4.39 Å². The number of benzene rings is 2. The third-order valence-electron chi connectivity index (χ3n) is 4.72. The van der Waals surface area contributed by atoms with E-state index in [-0.39, 0.29) is 11.7 Å². The first-order valence-corrected chi connectivity index (χ1v) is 8.76. The molecule has 0 bridgehead atoms. The van der Waals surface area contributed by atoms with Crippen LogP contribution in [-0.2, 0) is 11.3 Å². The fraction of sp³-hybridized carbons (Fsp3) is 0.143. The molecule has 1 heterocycles. The molecule has 0 unspecified atom stereocenters. The number of nitrogens with one attached hydrogen (secondary N) is 1. The minimum absolute atomic E-state index is 0.144.